The largest absolute Gasteiger partial charge is 0.494 e. The Kier molecular flexibility index (Phi) is 7.75. The van der Waals surface area contributed by atoms with E-state index in [0.29, 0.717) is 6.61 Å². The van der Waals surface area contributed by atoms with E-state index in [2.05, 4.69) is 26.8 Å². The van der Waals surface area contributed by atoms with Crippen molar-refractivity contribution in [3.8, 4) is 5.75 Å². The summed E-state index contributed by atoms with van der Waals surface area (Å²) in [4.78, 5) is 12.9. The molecule has 0 saturated carbocycles. The van der Waals surface area contributed by atoms with Crippen LogP contribution in [0.5, 0.6) is 5.75 Å². The molecular weight excluding hydrogens is 310 g/mol. The second-order valence-electron chi connectivity index (χ2n) is 6.00. The van der Waals surface area contributed by atoms with Crippen LogP contribution in [0, 0.1) is 34.6 Å². The van der Waals surface area contributed by atoms with E-state index in [-0.39, 0.29) is 33.0 Å². The fraction of sp³-hybridized carbons (Fsp3) is 0.350. The molecule has 0 aromatic heterocycles. The van der Waals surface area contributed by atoms with Gasteiger partial charge in [-0.05, 0) is 95.4 Å². The van der Waals surface area contributed by atoms with Crippen LogP contribution in [-0.4, -0.2) is 31.0 Å². The maximum absolute atomic E-state index is 12.9. The molecule has 0 aliphatic heterocycles. The molecule has 1 unspecified atom stereocenters. The van der Waals surface area contributed by atoms with Gasteiger partial charge < -0.3 is 4.74 Å². The molecule has 0 amide bonds. The Balaban J connectivity index is 0.00000288. The maximum atomic E-state index is 12.9. The number of hydrogen-bond acceptors (Lipinski definition) is 2. The quantitative estimate of drug-likeness (QED) is 0.598. The molecule has 2 rings (SSSR count). The van der Waals surface area contributed by atoms with Crippen molar-refractivity contribution in [3.63, 3.8) is 0 Å². The molecule has 123 valence electrons. The molecule has 4 heteroatoms. The normalized spacial score (nSPS) is 10.8. The van der Waals surface area contributed by atoms with Crippen molar-refractivity contribution in [1.29, 1.82) is 0 Å². The summed E-state index contributed by atoms with van der Waals surface area (Å²) in [7, 11) is 0.144. The zero-order chi connectivity index (χ0) is 17.1. The summed E-state index contributed by atoms with van der Waals surface area (Å²) in [5.41, 5.74) is 6.87. The standard InChI is InChI=1S/C20H25O2P.Li/c1-7-22-17-8-9-18(13(3)11-17)23-20(21)19-14(4)10-12(2)15(5)16(19)6;/h8-11,23H,7H2,1-6H3;. The third-order valence-electron chi connectivity index (χ3n) is 4.34. The third kappa shape index (κ3) is 4.51. The van der Waals surface area contributed by atoms with E-state index < -0.39 is 0 Å². The number of hydrogen-bond donors (Lipinski definition) is 0. The van der Waals surface area contributed by atoms with Gasteiger partial charge in [-0.25, -0.2) is 0 Å². The zero-order valence-electron chi connectivity index (χ0n) is 15.8. The second kappa shape index (κ2) is 8.86. The van der Waals surface area contributed by atoms with Crippen molar-refractivity contribution in [2.75, 3.05) is 6.61 Å². The minimum Gasteiger partial charge on any atom is -0.494 e. The molecule has 0 spiro atoms. The fourth-order valence-electron chi connectivity index (χ4n) is 2.85. The van der Waals surface area contributed by atoms with E-state index in [0.717, 1.165) is 33.3 Å². The van der Waals surface area contributed by atoms with Gasteiger partial charge in [0.25, 0.3) is 0 Å². The van der Waals surface area contributed by atoms with Crippen LogP contribution in [0.25, 0.3) is 0 Å². The van der Waals surface area contributed by atoms with Crippen molar-refractivity contribution >= 4 is 38.3 Å². The molecule has 2 aromatic carbocycles. The average Bonchev–Trinajstić information content (AvgIpc) is 2.48. The molecule has 0 heterocycles. The molecule has 0 saturated heterocycles. The topological polar surface area (TPSA) is 26.3 Å². The Bertz CT molecular complexity index is 754. The first-order valence-corrected chi connectivity index (χ1v) is 8.97. The van der Waals surface area contributed by atoms with Crippen LogP contribution in [-0.2, 0) is 0 Å². The minimum absolute atomic E-state index is 0. The molecule has 2 aromatic rings. The molecule has 2 nitrogen and oxygen atoms in total. The van der Waals surface area contributed by atoms with E-state index in [4.69, 9.17) is 4.74 Å². The minimum atomic E-state index is 0. The van der Waals surface area contributed by atoms with Crippen molar-refractivity contribution < 1.29 is 9.53 Å². The van der Waals surface area contributed by atoms with Gasteiger partial charge in [0.2, 0.25) is 0 Å². The van der Waals surface area contributed by atoms with Gasteiger partial charge in [0.15, 0.2) is 5.52 Å². The van der Waals surface area contributed by atoms with Gasteiger partial charge >= 0.3 is 0 Å². The number of aryl methyl sites for hydroxylation is 3. The summed E-state index contributed by atoms with van der Waals surface area (Å²) < 4.78 is 5.52. The fourth-order valence-corrected chi connectivity index (χ4v) is 4.04. The number of rotatable bonds is 5. The van der Waals surface area contributed by atoms with Gasteiger partial charge in [-0.3, -0.25) is 4.79 Å². The van der Waals surface area contributed by atoms with E-state index in [1.807, 2.05) is 39.0 Å². The molecule has 1 atom stereocenters. The SMILES string of the molecule is CCOc1ccc(PC(=O)c2c(C)cc(C)c(C)c2C)c(C)c1.[Li]. The van der Waals surface area contributed by atoms with Gasteiger partial charge in [0.1, 0.15) is 5.75 Å². The van der Waals surface area contributed by atoms with Crippen LogP contribution < -0.4 is 10.0 Å². The predicted molar refractivity (Wildman–Crippen MR) is 106 cm³/mol. The molecule has 0 aliphatic carbocycles. The zero-order valence-corrected chi connectivity index (χ0v) is 16.8. The van der Waals surface area contributed by atoms with Crippen LogP contribution in [0.4, 0.5) is 0 Å². The van der Waals surface area contributed by atoms with Crippen molar-refractivity contribution in [1.82, 2.24) is 0 Å². The van der Waals surface area contributed by atoms with Crippen LogP contribution in [0.1, 0.15) is 45.1 Å². The predicted octanol–water partition coefficient (Wildman–Crippen LogP) is 4.39. The van der Waals surface area contributed by atoms with Gasteiger partial charge in [0, 0.05) is 24.4 Å². The first-order chi connectivity index (χ1) is 10.8. The molecule has 0 aliphatic rings. The van der Waals surface area contributed by atoms with E-state index in [9.17, 15) is 4.79 Å². The Hall–Kier alpha value is -1.06. The van der Waals surface area contributed by atoms with Crippen LogP contribution in [0.2, 0.25) is 0 Å². The Morgan fingerprint density at radius 3 is 2.21 bits per heavy atom. The van der Waals surface area contributed by atoms with Crippen LogP contribution in [0.3, 0.4) is 0 Å². The molecule has 0 N–H and O–H groups in total. The van der Waals surface area contributed by atoms with Gasteiger partial charge in [-0.15, -0.1) is 0 Å². The molecule has 24 heavy (non-hydrogen) atoms. The molecule has 0 fully saturated rings. The van der Waals surface area contributed by atoms with Gasteiger partial charge in [-0.2, -0.15) is 0 Å². The van der Waals surface area contributed by atoms with E-state index >= 15 is 0 Å². The second-order valence-corrected chi connectivity index (χ2v) is 7.24. The summed E-state index contributed by atoms with van der Waals surface area (Å²) in [5.74, 6) is 0.865. The first kappa shape index (κ1) is 21.0. The Labute approximate surface area is 159 Å². The Morgan fingerprint density at radius 2 is 1.62 bits per heavy atom. The first-order valence-electron chi connectivity index (χ1n) is 7.97. The summed E-state index contributed by atoms with van der Waals surface area (Å²) in [6, 6.07) is 8.10. The smallest absolute Gasteiger partial charge is 0.186 e. The summed E-state index contributed by atoms with van der Waals surface area (Å²) in [5, 5.41) is 1.09. The Morgan fingerprint density at radius 1 is 0.958 bits per heavy atom. The van der Waals surface area contributed by atoms with Crippen molar-refractivity contribution in [2.45, 2.75) is 41.5 Å². The number of carbonyl (C=O) groups excluding carboxylic acids is 1. The average molecular weight is 335 g/mol. The third-order valence-corrected chi connectivity index (χ3v) is 5.65. The van der Waals surface area contributed by atoms with Gasteiger partial charge in [0.05, 0.1) is 6.61 Å². The maximum Gasteiger partial charge on any atom is 0.186 e. The molecular formula is C20H25LiO2P. The molecule has 1 radical (unpaired) electrons. The summed E-state index contributed by atoms with van der Waals surface area (Å²) >= 11 is 0. The number of carbonyl (C=O) groups is 1. The van der Waals surface area contributed by atoms with Gasteiger partial charge in [-0.1, -0.05) is 12.1 Å². The number of ether oxygens (including phenoxy) is 1. The van der Waals surface area contributed by atoms with E-state index in [1.54, 1.807) is 0 Å². The molecule has 0 bridgehead atoms. The van der Waals surface area contributed by atoms with Crippen molar-refractivity contribution in [2.24, 2.45) is 0 Å². The summed E-state index contributed by atoms with van der Waals surface area (Å²) in [6.07, 6.45) is 0. The summed E-state index contributed by atoms with van der Waals surface area (Å²) in [6.45, 7) is 12.9. The number of benzene rings is 2. The van der Waals surface area contributed by atoms with Crippen LogP contribution >= 0.6 is 8.58 Å². The van der Waals surface area contributed by atoms with E-state index in [1.165, 1.54) is 11.1 Å². The monoisotopic (exact) mass is 335 g/mol. The van der Waals surface area contributed by atoms with Crippen molar-refractivity contribution in [3.05, 3.63) is 57.6 Å². The van der Waals surface area contributed by atoms with Crippen LogP contribution in [0.15, 0.2) is 24.3 Å².